The number of benzene rings is 1. The van der Waals surface area contributed by atoms with Gasteiger partial charge in [0.2, 0.25) is 0 Å². The van der Waals surface area contributed by atoms with Gasteiger partial charge in [0.15, 0.2) is 5.11 Å². The average molecular weight is 280 g/mol. The summed E-state index contributed by atoms with van der Waals surface area (Å²) in [6, 6.07) is 10.9. The van der Waals surface area contributed by atoms with Crippen molar-refractivity contribution in [1.29, 1.82) is 0 Å². The van der Waals surface area contributed by atoms with Crippen LogP contribution in [0.15, 0.2) is 30.3 Å². The lowest BCUT2D eigenvalue weighted by molar-refractivity contribution is 0.195. The van der Waals surface area contributed by atoms with Gasteiger partial charge in [-0.2, -0.15) is 0 Å². The van der Waals surface area contributed by atoms with E-state index >= 15 is 0 Å². The highest BCUT2D eigenvalue weighted by atomic mass is 32.1. The van der Waals surface area contributed by atoms with E-state index in [1.165, 1.54) is 5.56 Å². The number of aryl methyl sites for hydroxylation is 1. The summed E-state index contributed by atoms with van der Waals surface area (Å²) in [6.07, 6.45) is 3.11. The van der Waals surface area contributed by atoms with Crippen molar-refractivity contribution >= 4 is 17.3 Å². The van der Waals surface area contributed by atoms with Crippen molar-refractivity contribution in [1.82, 2.24) is 10.6 Å². The van der Waals surface area contributed by atoms with E-state index < -0.39 is 0 Å². The zero-order chi connectivity index (χ0) is 13.9. The van der Waals surface area contributed by atoms with Gasteiger partial charge in [0.1, 0.15) is 0 Å². The van der Waals surface area contributed by atoms with E-state index in [2.05, 4.69) is 41.8 Å². The molecule has 0 saturated carbocycles. The predicted molar refractivity (Wildman–Crippen MR) is 84.5 cm³/mol. The fraction of sp³-hybridized carbons (Fsp3) is 0.533. The monoisotopic (exact) mass is 280 g/mol. The molecule has 0 aromatic heterocycles. The van der Waals surface area contributed by atoms with Crippen molar-refractivity contribution in [3.63, 3.8) is 0 Å². The quantitative estimate of drug-likeness (QED) is 0.566. The Morgan fingerprint density at radius 3 is 2.74 bits per heavy atom. The maximum absolute atomic E-state index is 5.25. The van der Waals surface area contributed by atoms with Crippen LogP contribution in [0.2, 0.25) is 0 Å². The molecule has 3 nitrogen and oxygen atoms in total. The molecule has 0 spiro atoms. The number of methoxy groups -OCH3 is 1. The SMILES string of the molecule is COCCCNC(=S)NC(C)CCc1ccccc1. The van der Waals surface area contributed by atoms with Crippen LogP contribution in [-0.2, 0) is 11.2 Å². The number of hydrogen-bond acceptors (Lipinski definition) is 2. The second kappa shape index (κ2) is 9.75. The average Bonchev–Trinajstić information content (AvgIpc) is 2.42. The predicted octanol–water partition coefficient (Wildman–Crippen LogP) is 2.51. The molecule has 106 valence electrons. The summed E-state index contributed by atoms with van der Waals surface area (Å²) < 4.78 is 4.99. The van der Waals surface area contributed by atoms with Crippen LogP contribution < -0.4 is 10.6 Å². The van der Waals surface area contributed by atoms with Crippen LogP contribution in [0.4, 0.5) is 0 Å². The fourth-order valence-corrected chi connectivity index (χ4v) is 2.10. The second-order valence-electron chi connectivity index (χ2n) is 4.67. The Morgan fingerprint density at radius 2 is 2.05 bits per heavy atom. The molecule has 4 heteroatoms. The van der Waals surface area contributed by atoms with Gasteiger partial charge < -0.3 is 15.4 Å². The van der Waals surface area contributed by atoms with Crippen molar-refractivity contribution in [2.45, 2.75) is 32.2 Å². The van der Waals surface area contributed by atoms with Gasteiger partial charge in [-0.15, -0.1) is 0 Å². The summed E-state index contributed by atoms with van der Waals surface area (Å²) in [6.45, 7) is 3.77. The molecule has 1 aromatic rings. The molecule has 19 heavy (non-hydrogen) atoms. The third-order valence-corrected chi connectivity index (χ3v) is 3.16. The molecule has 0 heterocycles. The summed E-state index contributed by atoms with van der Waals surface area (Å²) in [5, 5.41) is 7.23. The maximum atomic E-state index is 5.25. The minimum Gasteiger partial charge on any atom is -0.385 e. The van der Waals surface area contributed by atoms with Gasteiger partial charge in [-0.05, 0) is 44.0 Å². The zero-order valence-electron chi connectivity index (χ0n) is 11.8. The lowest BCUT2D eigenvalue weighted by Gasteiger charge is -2.17. The molecule has 0 radical (unpaired) electrons. The molecule has 0 aliphatic carbocycles. The van der Waals surface area contributed by atoms with Gasteiger partial charge >= 0.3 is 0 Å². The van der Waals surface area contributed by atoms with Crippen LogP contribution in [0, 0.1) is 0 Å². The van der Waals surface area contributed by atoms with Crippen molar-refractivity contribution < 1.29 is 4.74 Å². The van der Waals surface area contributed by atoms with Crippen molar-refractivity contribution in [3.05, 3.63) is 35.9 Å². The summed E-state index contributed by atoms with van der Waals surface area (Å²) in [5.74, 6) is 0. The van der Waals surface area contributed by atoms with Gasteiger partial charge in [-0.25, -0.2) is 0 Å². The molecule has 0 saturated heterocycles. The molecule has 1 aromatic carbocycles. The first-order valence-electron chi connectivity index (χ1n) is 6.79. The Balaban J connectivity index is 2.13. The number of thiocarbonyl (C=S) groups is 1. The second-order valence-corrected chi connectivity index (χ2v) is 5.08. The number of nitrogens with one attached hydrogen (secondary N) is 2. The maximum Gasteiger partial charge on any atom is 0.166 e. The van der Waals surface area contributed by atoms with Crippen LogP contribution in [0.5, 0.6) is 0 Å². The molecule has 0 bridgehead atoms. The Bertz CT molecular complexity index is 356. The smallest absolute Gasteiger partial charge is 0.166 e. The normalized spacial score (nSPS) is 11.9. The van der Waals surface area contributed by atoms with Crippen LogP contribution in [0.1, 0.15) is 25.3 Å². The number of rotatable bonds is 8. The van der Waals surface area contributed by atoms with E-state index in [1.54, 1.807) is 7.11 Å². The fourth-order valence-electron chi connectivity index (χ4n) is 1.79. The molecule has 0 fully saturated rings. The van der Waals surface area contributed by atoms with Gasteiger partial charge in [-0.3, -0.25) is 0 Å². The standard InChI is InChI=1S/C15H24N2OS/c1-13(9-10-14-7-4-3-5-8-14)17-15(19)16-11-6-12-18-2/h3-5,7-8,13H,6,9-12H2,1-2H3,(H2,16,17,19). The lowest BCUT2D eigenvalue weighted by atomic mass is 10.1. The highest BCUT2D eigenvalue weighted by molar-refractivity contribution is 7.80. The molecule has 0 amide bonds. The minimum atomic E-state index is 0.377. The lowest BCUT2D eigenvalue weighted by Crippen LogP contribution is -2.41. The molecule has 0 aliphatic rings. The van der Waals surface area contributed by atoms with Crippen LogP contribution in [-0.4, -0.2) is 31.4 Å². The Hall–Kier alpha value is -1.13. The molecular weight excluding hydrogens is 256 g/mol. The number of ether oxygens (including phenoxy) is 1. The van der Waals surface area contributed by atoms with E-state index in [4.69, 9.17) is 17.0 Å². The van der Waals surface area contributed by atoms with E-state index in [0.29, 0.717) is 6.04 Å². The molecular formula is C15H24N2OS. The first-order valence-corrected chi connectivity index (χ1v) is 7.20. The third kappa shape index (κ3) is 7.80. The summed E-state index contributed by atoms with van der Waals surface area (Å²) in [7, 11) is 1.71. The van der Waals surface area contributed by atoms with Crippen molar-refractivity contribution in [2.75, 3.05) is 20.3 Å². The molecule has 1 unspecified atom stereocenters. The van der Waals surface area contributed by atoms with Gasteiger partial charge in [-0.1, -0.05) is 30.3 Å². The first kappa shape index (κ1) is 15.9. The Kier molecular flexibility index (Phi) is 8.18. The summed E-state index contributed by atoms with van der Waals surface area (Å²) >= 11 is 5.25. The topological polar surface area (TPSA) is 33.3 Å². The highest BCUT2D eigenvalue weighted by Crippen LogP contribution is 2.04. The molecule has 1 rings (SSSR count). The van der Waals surface area contributed by atoms with E-state index in [1.807, 2.05) is 6.07 Å². The van der Waals surface area contributed by atoms with Gasteiger partial charge in [0.05, 0.1) is 0 Å². The van der Waals surface area contributed by atoms with Crippen molar-refractivity contribution in [2.24, 2.45) is 0 Å². The van der Waals surface area contributed by atoms with E-state index in [0.717, 1.165) is 37.5 Å². The highest BCUT2D eigenvalue weighted by Gasteiger charge is 2.04. The number of hydrogen-bond donors (Lipinski definition) is 2. The zero-order valence-corrected chi connectivity index (χ0v) is 12.6. The first-order chi connectivity index (χ1) is 9.22. The molecule has 2 N–H and O–H groups in total. The van der Waals surface area contributed by atoms with Crippen molar-refractivity contribution in [3.8, 4) is 0 Å². The van der Waals surface area contributed by atoms with Crippen LogP contribution in [0.25, 0.3) is 0 Å². The van der Waals surface area contributed by atoms with Crippen LogP contribution >= 0.6 is 12.2 Å². The van der Waals surface area contributed by atoms with E-state index in [-0.39, 0.29) is 0 Å². The Morgan fingerprint density at radius 1 is 1.32 bits per heavy atom. The summed E-state index contributed by atoms with van der Waals surface area (Å²) in [4.78, 5) is 0. The van der Waals surface area contributed by atoms with E-state index in [9.17, 15) is 0 Å². The largest absolute Gasteiger partial charge is 0.385 e. The Labute approximate surface area is 121 Å². The minimum absolute atomic E-state index is 0.377. The summed E-state index contributed by atoms with van der Waals surface area (Å²) in [5.41, 5.74) is 1.37. The third-order valence-electron chi connectivity index (χ3n) is 2.90. The van der Waals surface area contributed by atoms with Gasteiger partial charge in [0, 0.05) is 26.3 Å². The molecule has 0 aliphatic heterocycles. The van der Waals surface area contributed by atoms with Crippen LogP contribution in [0.3, 0.4) is 0 Å². The molecule has 1 atom stereocenters. The van der Waals surface area contributed by atoms with Gasteiger partial charge in [0.25, 0.3) is 0 Å².